The third-order valence-corrected chi connectivity index (χ3v) is 4.80. The van der Waals surface area contributed by atoms with Gasteiger partial charge in [-0.3, -0.25) is 14.6 Å². The minimum Gasteiger partial charge on any atom is -0.491 e. The van der Waals surface area contributed by atoms with Gasteiger partial charge in [0, 0.05) is 31.2 Å². The number of carbonyl (C=O) groups excluding carboxylic acids is 2. The van der Waals surface area contributed by atoms with Crippen LogP contribution < -0.4 is 10.1 Å². The van der Waals surface area contributed by atoms with Crippen LogP contribution in [0.3, 0.4) is 0 Å². The molecule has 2 aromatic rings. The van der Waals surface area contributed by atoms with E-state index in [-0.39, 0.29) is 17.9 Å². The smallest absolute Gasteiger partial charge is 0.257 e. The highest BCUT2D eigenvalue weighted by molar-refractivity contribution is 6.05. The number of hydrogen-bond donors (Lipinski definition) is 1. The molecule has 6 heteroatoms. The quantitative estimate of drug-likeness (QED) is 0.850. The highest BCUT2D eigenvalue weighted by Crippen LogP contribution is 2.20. The molecule has 2 heterocycles. The Morgan fingerprint density at radius 3 is 2.39 bits per heavy atom. The lowest BCUT2D eigenvalue weighted by Crippen LogP contribution is -2.38. The fraction of sp³-hybridized carbons (Fsp3) is 0.409. The van der Waals surface area contributed by atoms with E-state index >= 15 is 0 Å². The first-order valence-corrected chi connectivity index (χ1v) is 9.75. The monoisotopic (exact) mass is 381 g/mol. The summed E-state index contributed by atoms with van der Waals surface area (Å²) in [4.78, 5) is 31.2. The van der Waals surface area contributed by atoms with Crippen LogP contribution in [0.5, 0.6) is 5.75 Å². The Labute approximate surface area is 165 Å². The van der Waals surface area contributed by atoms with Crippen LogP contribution >= 0.6 is 0 Å². The first-order chi connectivity index (χ1) is 13.4. The number of ether oxygens (including phenoxy) is 1. The number of rotatable bonds is 5. The first kappa shape index (κ1) is 19.9. The Kier molecular flexibility index (Phi) is 6.29. The van der Waals surface area contributed by atoms with Gasteiger partial charge in [0.15, 0.2) is 0 Å². The van der Waals surface area contributed by atoms with E-state index in [0.717, 1.165) is 31.7 Å². The van der Waals surface area contributed by atoms with E-state index in [2.05, 4.69) is 17.2 Å². The van der Waals surface area contributed by atoms with Crippen molar-refractivity contribution >= 4 is 17.5 Å². The van der Waals surface area contributed by atoms with Crippen molar-refractivity contribution in [2.45, 2.75) is 39.7 Å². The molecule has 1 aromatic heterocycles. The topological polar surface area (TPSA) is 71.5 Å². The summed E-state index contributed by atoms with van der Waals surface area (Å²) in [6, 6.07) is 8.80. The lowest BCUT2D eigenvalue weighted by atomic mass is 9.98. The van der Waals surface area contributed by atoms with Crippen LogP contribution in [-0.4, -0.2) is 40.9 Å². The van der Waals surface area contributed by atoms with Gasteiger partial charge < -0.3 is 15.0 Å². The first-order valence-electron chi connectivity index (χ1n) is 9.75. The highest BCUT2D eigenvalue weighted by atomic mass is 16.5. The third-order valence-electron chi connectivity index (χ3n) is 4.80. The molecule has 3 rings (SSSR count). The van der Waals surface area contributed by atoms with Crippen molar-refractivity contribution in [2.75, 3.05) is 18.4 Å². The van der Waals surface area contributed by atoms with Gasteiger partial charge in [-0.2, -0.15) is 0 Å². The van der Waals surface area contributed by atoms with Gasteiger partial charge in [0.2, 0.25) is 0 Å². The van der Waals surface area contributed by atoms with Crippen LogP contribution in [-0.2, 0) is 0 Å². The molecule has 1 fully saturated rings. The third kappa shape index (κ3) is 5.09. The molecule has 28 heavy (non-hydrogen) atoms. The zero-order valence-corrected chi connectivity index (χ0v) is 16.6. The second-order valence-corrected chi connectivity index (χ2v) is 7.58. The van der Waals surface area contributed by atoms with E-state index in [4.69, 9.17) is 4.74 Å². The van der Waals surface area contributed by atoms with Crippen LogP contribution in [0.4, 0.5) is 5.69 Å². The van der Waals surface area contributed by atoms with E-state index in [1.54, 1.807) is 18.2 Å². The minimum absolute atomic E-state index is 0.0655. The van der Waals surface area contributed by atoms with Gasteiger partial charge in [-0.15, -0.1) is 0 Å². The molecule has 1 saturated heterocycles. The standard InChI is InChI=1S/C22H27N3O3/c1-15(2)28-20-6-4-19(5-7-20)24-21(26)17-12-18(14-23-13-17)22(27)25-10-8-16(3)9-11-25/h4-7,12-16H,8-11H2,1-3H3,(H,24,26). The van der Waals surface area contributed by atoms with Gasteiger partial charge in [0.1, 0.15) is 5.75 Å². The maximum Gasteiger partial charge on any atom is 0.257 e. The summed E-state index contributed by atoms with van der Waals surface area (Å²) in [5.74, 6) is 1.03. The molecule has 0 unspecified atom stereocenters. The average molecular weight is 381 g/mol. The SMILES string of the molecule is CC1CCN(C(=O)c2cncc(C(=O)Nc3ccc(OC(C)C)cc3)c2)CC1. The van der Waals surface area contributed by atoms with Crippen LogP contribution in [0, 0.1) is 5.92 Å². The summed E-state index contributed by atoms with van der Waals surface area (Å²) in [5, 5.41) is 2.83. The predicted molar refractivity (Wildman–Crippen MR) is 109 cm³/mol. The molecular formula is C22H27N3O3. The van der Waals surface area contributed by atoms with Crippen molar-refractivity contribution in [3.8, 4) is 5.75 Å². The number of hydrogen-bond acceptors (Lipinski definition) is 4. The molecule has 1 N–H and O–H groups in total. The average Bonchev–Trinajstić information content (AvgIpc) is 2.69. The predicted octanol–water partition coefficient (Wildman–Crippen LogP) is 3.99. The number of likely N-dealkylation sites (tertiary alicyclic amines) is 1. The largest absolute Gasteiger partial charge is 0.491 e. The number of carbonyl (C=O) groups is 2. The van der Waals surface area contributed by atoms with Crippen LogP contribution in [0.25, 0.3) is 0 Å². The molecule has 0 spiro atoms. The number of nitrogens with one attached hydrogen (secondary N) is 1. The summed E-state index contributed by atoms with van der Waals surface area (Å²) in [6.07, 6.45) is 5.11. The summed E-state index contributed by atoms with van der Waals surface area (Å²) in [5.41, 5.74) is 1.46. The lowest BCUT2D eigenvalue weighted by molar-refractivity contribution is 0.0697. The molecule has 1 aromatic carbocycles. The summed E-state index contributed by atoms with van der Waals surface area (Å²) >= 11 is 0. The highest BCUT2D eigenvalue weighted by Gasteiger charge is 2.22. The van der Waals surface area contributed by atoms with Crippen molar-refractivity contribution in [1.82, 2.24) is 9.88 Å². The van der Waals surface area contributed by atoms with Crippen molar-refractivity contribution in [3.05, 3.63) is 53.9 Å². The summed E-state index contributed by atoms with van der Waals surface area (Å²) in [7, 11) is 0. The second-order valence-electron chi connectivity index (χ2n) is 7.58. The summed E-state index contributed by atoms with van der Waals surface area (Å²) in [6.45, 7) is 7.63. The molecular weight excluding hydrogens is 354 g/mol. The van der Waals surface area contributed by atoms with Gasteiger partial charge in [-0.25, -0.2) is 0 Å². The number of pyridine rings is 1. The van der Waals surface area contributed by atoms with Crippen molar-refractivity contribution < 1.29 is 14.3 Å². The number of aromatic nitrogens is 1. The van der Waals surface area contributed by atoms with Gasteiger partial charge in [0.25, 0.3) is 11.8 Å². The number of benzene rings is 1. The maximum atomic E-state index is 12.7. The van der Waals surface area contributed by atoms with E-state index in [1.165, 1.54) is 12.4 Å². The van der Waals surface area contributed by atoms with Gasteiger partial charge in [-0.05, 0) is 62.9 Å². The van der Waals surface area contributed by atoms with Crippen LogP contribution in [0.1, 0.15) is 54.3 Å². The van der Waals surface area contributed by atoms with Crippen LogP contribution in [0.2, 0.25) is 0 Å². The zero-order valence-electron chi connectivity index (χ0n) is 16.6. The van der Waals surface area contributed by atoms with E-state index in [0.29, 0.717) is 22.7 Å². The van der Waals surface area contributed by atoms with Gasteiger partial charge >= 0.3 is 0 Å². The molecule has 0 aliphatic carbocycles. The minimum atomic E-state index is -0.299. The molecule has 0 radical (unpaired) electrons. The number of anilines is 1. The van der Waals surface area contributed by atoms with Crippen LogP contribution in [0.15, 0.2) is 42.7 Å². The van der Waals surface area contributed by atoms with Crippen molar-refractivity contribution in [1.29, 1.82) is 0 Å². The van der Waals surface area contributed by atoms with Gasteiger partial charge in [0.05, 0.1) is 17.2 Å². The Morgan fingerprint density at radius 2 is 1.75 bits per heavy atom. The fourth-order valence-electron chi connectivity index (χ4n) is 3.17. The normalized spacial score (nSPS) is 14.8. The molecule has 148 valence electrons. The molecule has 6 nitrogen and oxygen atoms in total. The second kappa shape index (κ2) is 8.87. The number of amides is 2. The number of piperidine rings is 1. The number of nitrogens with zero attached hydrogens (tertiary/aromatic N) is 2. The van der Waals surface area contributed by atoms with Crippen molar-refractivity contribution in [2.24, 2.45) is 5.92 Å². The maximum absolute atomic E-state index is 12.7. The molecule has 0 bridgehead atoms. The molecule has 2 amide bonds. The zero-order chi connectivity index (χ0) is 20.1. The van der Waals surface area contributed by atoms with E-state index in [1.807, 2.05) is 30.9 Å². The molecule has 1 aliphatic heterocycles. The molecule has 0 saturated carbocycles. The van der Waals surface area contributed by atoms with Crippen molar-refractivity contribution in [3.63, 3.8) is 0 Å². The fourth-order valence-corrected chi connectivity index (χ4v) is 3.17. The Bertz CT molecular complexity index is 825. The summed E-state index contributed by atoms with van der Waals surface area (Å²) < 4.78 is 5.60. The Balaban J connectivity index is 1.66. The Morgan fingerprint density at radius 1 is 1.11 bits per heavy atom. The van der Waals surface area contributed by atoms with Gasteiger partial charge in [-0.1, -0.05) is 6.92 Å². The Hall–Kier alpha value is -2.89. The lowest BCUT2D eigenvalue weighted by Gasteiger charge is -2.30. The van der Waals surface area contributed by atoms with E-state index < -0.39 is 0 Å². The molecule has 1 aliphatic rings. The molecule has 0 atom stereocenters. The van der Waals surface area contributed by atoms with E-state index in [9.17, 15) is 9.59 Å².